The van der Waals surface area contributed by atoms with Gasteiger partial charge in [-0.1, -0.05) is 30.3 Å². The second kappa shape index (κ2) is 4.49. The van der Waals surface area contributed by atoms with E-state index in [4.69, 9.17) is 0 Å². The van der Waals surface area contributed by atoms with Crippen molar-refractivity contribution in [1.29, 1.82) is 0 Å². The molecule has 2 aromatic rings. The van der Waals surface area contributed by atoms with E-state index >= 15 is 0 Å². The van der Waals surface area contributed by atoms with Crippen LogP contribution in [-0.4, -0.2) is 14.9 Å². The maximum Gasteiger partial charge on any atom is 0.0860 e. The van der Waals surface area contributed by atoms with Crippen LogP contribution in [0, 0.1) is 19.8 Å². The van der Waals surface area contributed by atoms with Crippen LogP contribution in [0.15, 0.2) is 30.3 Å². The maximum atomic E-state index is 10.6. The fourth-order valence-electron chi connectivity index (χ4n) is 3.08. The van der Waals surface area contributed by atoms with Crippen molar-refractivity contribution in [2.75, 3.05) is 0 Å². The summed E-state index contributed by atoms with van der Waals surface area (Å²) in [4.78, 5) is 0. The van der Waals surface area contributed by atoms with Gasteiger partial charge in [0.05, 0.1) is 11.8 Å². The Morgan fingerprint density at radius 1 is 1.26 bits per heavy atom. The fourth-order valence-corrected chi connectivity index (χ4v) is 3.08. The Bertz CT molecular complexity index is 588. The molecule has 1 N–H and O–H groups in total. The summed E-state index contributed by atoms with van der Waals surface area (Å²) in [7, 11) is 1.93. The van der Waals surface area contributed by atoms with Crippen molar-refractivity contribution in [3.63, 3.8) is 0 Å². The van der Waals surface area contributed by atoms with Crippen molar-refractivity contribution in [1.82, 2.24) is 9.78 Å². The van der Waals surface area contributed by atoms with Gasteiger partial charge in [0.1, 0.15) is 0 Å². The number of benzene rings is 1. The molecule has 3 nitrogen and oxygen atoms in total. The number of hydrogen-bond acceptors (Lipinski definition) is 2. The third kappa shape index (κ3) is 2.08. The Balaban J connectivity index is 1.82. The molecular weight excluding hydrogens is 236 g/mol. The molecule has 19 heavy (non-hydrogen) atoms. The average Bonchev–Trinajstić information content (AvgIpc) is 3.15. The van der Waals surface area contributed by atoms with Gasteiger partial charge in [-0.25, -0.2) is 0 Å². The number of nitrogens with zero attached hydrogens (tertiary/aromatic N) is 2. The smallest absolute Gasteiger partial charge is 0.0860 e. The summed E-state index contributed by atoms with van der Waals surface area (Å²) in [6.45, 7) is 4.00. The zero-order valence-corrected chi connectivity index (χ0v) is 11.7. The first-order valence-electron chi connectivity index (χ1n) is 6.82. The molecule has 3 unspecified atom stereocenters. The second-order valence-electron chi connectivity index (χ2n) is 5.57. The largest absolute Gasteiger partial charge is 0.388 e. The molecule has 0 aliphatic heterocycles. The summed E-state index contributed by atoms with van der Waals surface area (Å²) in [6, 6.07) is 10.5. The highest BCUT2D eigenvalue weighted by Crippen LogP contribution is 2.54. The van der Waals surface area contributed by atoms with Crippen molar-refractivity contribution in [3.8, 4) is 0 Å². The molecule has 100 valence electrons. The first-order chi connectivity index (χ1) is 9.09. The molecule has 0 saturated heterocycles. The molecule has 1 aliphatic rings. The number of aliphatic hydroxyl groups excluding tert-OH is 1. The van der Waals surface area contributed by atoms with Gasteiger partial charge in [0.25, 0.3) is 0 Å². The fraction of sp³-hybridized carbons (Fsp3) is 0.438. The van der Waals surface area contributed by atoms with Gasteiger partial charge in [0, 0.05) is 18.3 Å². The normalized spacial score (nSPS) is 23.4. The van der Waals surface area contributed by atoms with E-state index in [1.165, 1.54) is 5.56 Å². The van der Waals surface area contributed by atoms with Crippen LogP contribution >= 0.6 is 0 Å². The van der Waals surface area contributed by atoms with Crippen LogP contribution < -0.4 is 0 Å². The van der Waals surface area contributed by atoms with Crippen molar-refractivity contribution < 1.29 is 5.11 Å². The van der Waals surface area contributed by atoms with Crippen LogP contribution in [0.25, 0.3) is 0 Å². The van der Waals surface area contributed by atoms with E-state index in [0.717, 1.165) is 23.4 Å². The molecule has 3 atom stereocenters. The van der Waals surface area contributed by atoms with E-state index < -0.39 is 0 Å². The van der Waals surface area contributed by atoms with E-state index in [1.54, 1.807) is 0 Å². The number of rotatable bonds is 3. The molecular formula is C16H20N2O. The van der Waals surface area contributed by atoms with Crippen molar-refractivity contribution in [2.24, 2.45) is 13.0 Å². The van der Waals surface area contributed by atoms with Crippen LogP contribution in [0.3, 0.4) is 0 Å². The lowest BCUT2D eigenvalue weighted by atomic mass is 10.00. The molecule has 1 aliphatic carbocycles. The van der Waals surface area contributed by atoms with Gasteiger partial charge in [0.15, 0.2) is 0 Å². The van der Waals surface area contributed by atoms with E-state index in [1.807, 2.05) is 31.6 Å². The Hall–Kier alpha value is -1.61. The van der Waals surface area contributed by atoms with Gasteiger partial charge in [-0.3, -0.25) is 4.68 Å². The minimum absolute atomic E-state index is 0.337. The molecule has 0 radical (unpaired) electrons. The Morgan fingerprint density at radius 2 is 1.95 bits per heavy atom. The summed E-state index contributed by atoms with van der Waals surface area (Å²) in [5.41, 5.74) is 4.38. The predicted molar refractivity (Wildman–Crippen MR) is 74.9 cm³/mol. The van der Waals surface area contributed by atoms with Crippen LogP contribution in [0.4, 0.5) is 0 Å². The lowest BCUT2D eigenvalue weighted by Crippen LogP contribution is -2.04. The quantitative estimate of drug-likeness (QED) is 0.917. The van der Waals surface area contributed by atoms with Crippen LogP contribution in [0.1, 0.15) is 41.0 Å². The van der Waals surface area contributed by atoms with Crippen molar-refractivity contribution in [2.45, 2.75) is 32.3 Å². The third-order valence-electron chi connectivity index (χ3n) is 4.33. The molecule has 3 rings (SSSR count). The monoisotopic (exact) mass is 256 g/mol. The molecule has 1 aromatic carbocycles. The van der Waals surface area contributed by atoms with Crippen molar-refractivity contribution in [3.05, 3.63) is 52.8 Å². The van der Waals surface area contributed by atoms with Gasteiger partial charge in [0.2, 0.25) is 0 Å². The molecule has 1 saturated carbocycles. The highest BCUT2D eigenvalue weighted by atomic mass is 16.3. The maximum absolute atomic E-state index is 10.6. The van der Waals surface area contributed by atoms with Gasteiger partial charge in [-0.05, 0) is 37.7 Å². The van der Waals surface area contributed by atoms with Crippen LogP contribution in [0.5, 0.6) is 0 Å². The van der Waals surface area contributed by atoms with Crippen LogP contribution in [0.2, 0.25) is 0 Å². The Morgan fingerprint density at radius 3 is 2.53 bits per heavy atom. The summed E-state index contributed by atoms with van der Waals surface area (Å²) in [5, 5.41) is 15.0. The second-order valence-corrected chi connectivity index (χ2v) is 5.57. The summed E-state index contributed by atoms with van der Waals surface area (Å²) in [6.07, 6.45) is 0.679. The van der Waals surface area contributed by atoms with Gasteiger partial charge < -0.3 is 5.11 Å². The molecule has 1 heterocycles. The first kappa shape index (κ1) is 12.4. The standard InChI is InChI=1S/C16H20N2O/c1-10-15(11(2)18(3)17-10)16(19)14-9-13(14)12-7-5-4-6-8-12/h4-8,13-14,16,19H,9H2,1-3H3. The number of hydrogen-bond donors (Lipinski definition) is 1. The third-order valence-corrected chi connectivity index (χ3v) is 4.33. The number of aromatic nitrogens is 2. The molecule has 1 aromatic heterocycles. The summed E-state index contributed by atoms with van der Waals surface area (Å²) >= 11 is 0. The Labute approximate surface area is 113 Å². The zero-order chi connectivity index (χ0) is 13.6. The van der Waals surface area contributed by atoms with E-state index in [9.17, 15) is 5.11 Å². The molecule has 0 spiro atoms. The van der Waals surface area contributed by atoms with E-state index in [2.05, 4.69) is 29.4 Å². The SMILES string of the molecule is Cc1nn(C)c(C)c1C(O)C1CC1c1ccccc1. The highest BCUT2D eigenvalue weighted by molar-refractivity contribution is 5.33. The van der Waals surface area contributed by atoms with Gasteiger partial charge >= 0.3 is 0 Å². The van der Waals surface area contributed by atoms with Gasteiger partial charge in [-0.2, -0.15) is 5.10 Å². The van der Waals surface area contributed by atoms with E-state index in [-0.39, 0.29) is 6.10 Å². The lowest BCUT2D eigenvalue weighted by molar-refractivity contribution is 0.150. The van der Waals surface area contributed by atoms with Crippen molar-refractivity contribution >= 4 is 0 Å². The van der Waals surface area contributed by atoms with Gasteiger partial charge in [-0.15, -0.1) is 0 Å². The minimum Gasteiger partial charge on any atom is -0.388 e. The van der Waals surface area contributed by atoms with Crippen LogP contribution in [-0.2, 0) is 7.05 Å². The predicted octanol–water partition coefficient (Wildman–Crippen LogP) is 2.87. The molecule has 3 heteroatoms. The first-order valence-corrected chi connectivity index (χ1v) is 6.82. The molecule has 0 bridgehead atoms. The summed E-state index contributed by atoms with van der Waals surface area (Å²) in [5.74, 6) is 0.833. The topological polar surface area (TPSA) is 38.0 Å². The zero-order valence-electron chi connectivity index (χ0n) is 11.7. The molecule has 0 amide bonds. The summed E-state index contributed by atoms with van der Waals surface area (Å²) < 4.78 is 1.85. The molecule has 1 fully saturated rings. The van der Waals surface area contributed by atoms with E-state index in [0.29, 0.717) is 11.8 Å². The Kier molecular flexibility index (Phi) is 2.94. The number of aryl methyl sites for hydroxylation is 2. The lowest BCUT2D eigenvalue weighted by Gasteiger charge is -2.11. The average molecular weight is 256 g/mol. The highest BCUT2D eigenvalue weighted by Gasteiger charge is 2.45. The number of aliphatic hydroxyl groups is 1. The minimum atomic E-state index is -0.390.